The van der Waals surface area contributed by atoms with Crippen molar-refractivity contribution in [2.45, 2.75) is 0 Å². The molecule has 0 aliphatic heterocycles. The first kappa shape index (κ1) is 15.9. The van der Waals surface area contributed by atoms with Gasteiger partial charge >= 0.3 is 0 Å². The number of carbonyl (C=O) groups is 1. The van der Waals surface area contributed by atoms with E-state index in [1.54, 1.807) is 36.4 Å². The Morgan fingerprint density at radius 2 is 2.00 bits per heavy atom. The van der Waals surface area contributed by atoms with Crippen LogP contribution in [0.4, 0.5) is 4.39 Å². The molecule has 0 saturated heterocycles. The molecule has 23 heavy (non-hydrogen) atoms. The van der Waals surface area contributed by atoms with Crippen molar-refractivity contribution < 1.29 is 13.4 Å². The Morgan fingerprint density at radius 3 is 2.70 bits per heavy atom. The molecule has 3 rings (SSSR count). The molecular formula is C17H13ClFNO2S. The number of hydrogen-bond acceptors (Lipinski definition) is 2. The molecule has 1 aromatic heterocycles. The van der Waals surface area contributed by atoms with E-state index in [4.69, 9.17) is 11.6 Å². The van der Waals surface area contributed by atoms with Crippen molar-refractivity contribution in [3.8, 4) is 11.1 Å². The molecule has 0 aliphatic rings. The summed E-state index contributed by atoms with van der Waals surface area (Å²) in [5, 5.41) is 1.15. The fourth-order valence-electron chi connectivity index (χ4n) is 2.57. The summed E-state index contributed by atoms with van der Waals surface area (Å²) in [7, 11) is -1.28. The molecule has 3 aromatic rings. The van der Waals surface area contributed by atoms with Crippen molar-refractivity contribution in [1.29, 1.82) is 0 Å². The highest BCUT2D eigenvalue weighted by Gasteiger charge is 2.22. The topological polar surface area (TPSA) is 49.9 Å². The van der Waals surface area contributed by atoms with E-state index in [2.05, 4.69) is 4.98 Å². The zero-order chi connectivity index (χ0) is 16.6. The van der Waals surface area contributed by atoms with Gasteiger partial charge in [0.25, 0.3) is 0 Å². The van der Waals surface area contributed by atoms with Crippen LogP contribution in [0.3, 0.4) is 0 Å². The van der Waals surface area contributed by atoms with Gasteiger partial charge in [0.2, 0.25) is 0 Å². The minimum atomic E-state index is -1.28. The number of aromatic nitrogens is 1. The highest BCUT2D eigenvalue weighted by molar-refractivity contribution is 7.85. The Bertz CT molecular complexity index is 935. The van der Waals surface area contributed by atoms with Gasteiger partial charge in [0.15, 0.2) is 5.78 Å². The summed E-state index contributed by atoms with van der Waals surface area (Å²) >= 11 is 6.05. The second-order valence-corrected chi connectivity index (χ2v) is 7.06. The largest absolute Gasteiger partial charge is 0.352 e. The fraction of sp³-hybridized carbons (Fsp3) is 0.118. The lowest BCUT2D eigenvalue weighted by Gasteiger charge is -2.05. The molecule has 118 valence electrons. The summed E-state index contributed by atoms with van der Waals surface area (Å²) in [6.45, 7) is 0. The molecule has 1 N–H and O–H groups in total. The molecule has 0 spiro atoms. The SMILES string of the molecule is CS(=O)CC(=O)c1[nH]c2ccc(Cl)cc2c1-c1ccccc1F. The van der Waals surface area contributed by atoms with Gasteiger partial charge in [-0.1, -0.05) is 29.8 Å². The first-order valence-electron chi connectivity index (χ1n) is 6.86. The molecule has 0 amide bonds. The molecule has 1 unspecified atom stereocenters. The van der Waals surface area contributed by atoms with Crippen molar-refractivity contribution in [3.05, 3.63) is 59.0 Å². The van der Waals surface area contributed by atoms with E-state index >= 15 is 0 Å². The highest BCUT2D eigenvalue weighted by Crippen LogP contribution is 2.35. The Labute approximate surface area is 139 Å². The van der Waals surface area contributed by atoms with Gasteiger partial charge in [-0.15, -0.1) is 0 Å². The maximum Gasteiger partial charge on any atom is 0.192 e. The van der Waals surface area contributed by atoms with Crippen LogP contribution in [-0.4, -0.2) is 27.0 Å². The number of fused-ring (bicyclic) bond motifs is 1. The Kier molecular flexibility index (Phi) is 4.33. The first-order valence-corrected chi connectivity index (χ1v) is 8.97. The molecule has 0 fully saturated rings. The summed E-state index contributed by atoms with van der Waals surface area (Å²) in [6.07, 6.45) is 1.46. The van der Waals surface area contributed by atoms with Crippen molar-refractivity contribution in [2.24, 2.45) is 0 Å². The Morgan fingerprint density at radius 1 is 1.26 bits per heavy atom. The average Bonchev–Trinajstić information content (AvgIpc) is 2.85. The van der Waals surface area contributed by atoms with Gasteiger partial charge in [-0.2, -0.15) is 0 Å². The zero-order valence-electron chi connectivity index (χ0n) is 12.2. The summed E-state index contributed by atoms with van der Waals surface area (Å²) in [5.41, 5.74) is 1.70. The first-order chi connectivity index (χ1) is 11.0. The molecular weight excluding hydrogens is 337 g/mol. The smallest absolute Gasteiger partial charge is 0.192 e. The number of benzene rings is 2. The van der Waals surface area contributed by atoms with E-state index in [0.29, 0.717) is 27.1 Å². The normalized spacial score (nSPS) is 12.5. The van der Waals surface area contributed by atoms with E-state index in [1.807, 2.05) is 0 Å². The summed E-state index contributed by atoms with van der Waals surface area (Å²) in [4.78, 5) is 15.4. The monoisotopic (exact) mass is 349 g/mol. The number of halogens is 2. The highest BCUT2D eigenvalue weighted by atomic mass is 35.5. The van der Waals surface area contributed by atoms with Crippen LogP contribution >= 0.6 is 11.6 Å². The van der Waals surface area contributed by atoms with Crippen molar-refractivity contribution in [3.63, 3.8) is 0 Å². The molecule has 1 heterocycles. The van der Waals surface area contributed by atoms with Crippen LogP contribution < -0.4 is 0 Å². The van der Waals surface area contributed by atoms with Crippen LogP contribution in [-0.2, 0) is 10.8 Å². The van der Waals surface area contributed by atoms with Gasteiger partial charge in [-0.05, 0) is 24.3 Å². The second kappa shape index (κ2) is 6.26. The lowest BCUT2D eigenvalue weighted by molar-refractivity contribution is 0.101. The van der Waals surface area contributed by atoms with Crippen molar-refractivity contribution in [1.82, 2.24) is 4.98 Å². The summed E-state index contributed by atoms with van der Waals surface area (Å²) in [5.74, 6) is -0.876. The fourth-order valence-corrected chi connectivity index (χ4v) is 3.26. The van der Waals surface area contributed by atoms with E-state index in [1.165, 1.54) is 12.3 Å². The summed E-state index contributed by atoms with van der Waals surface area (Å²) < 4.78 is 25.7. The predicted molar refractivity (Wildman–Crippen MR) is 92.0 cm³/mol. The minimum absolute atomic E-state index is 0.123. The lowest BCUT2D eigenvalue weighted by atomic mass is 10.00. The van der Waals surface area contributed by atoms with Crippen LogP contribution in [0.25, 0.3) is 22.0 Å². The number of carbonyl (C=O) groups excluding carboxylic acids is 1. The third kappa shape index (κ3) is 3.07. The van der Waals surface area contributed by atoms with Gasteiger partial charge in [0.1, 0.15) is 5.82 Å². The quantitative estimate of drug-likeness (QED) is 0.718. The van der Waals surface area contributed by atoms with Gasteiger partial charge in [0, 0.05) is 44.1 Å². The zero-order valence-corrected chi connectivity index (χ0v) is 13.8. The maximum atomic E-state index is 14.3. The molecule has 0 aliphatic carbocycles. The number of aromatic amines is 1. The third-order valence-corrected chi connectivity index (χ3v) is 4.42. The van der Waals surface area contributed by atoms with Crippen molar-refractivity contribution >= 4 is 39.1 Å². The number of nitrogens with one attached hydrogen (secondary N) is 1. The predicted octanol–water partition coefficient (Wildman–Crippen LogP) is 4.19. The van der Waals surface area contributed by atoms with Gasteiger partial charge < -0.3 is 4.98 Å². The van der Waals surface area contributed by atoms with Gasteiger partial charge in [-0.25, -0.2) is 4.39 Å². The van der Waals surface area contributed by atoms with Crippen LogP contribution in [0.1, 0.15) is 10.5 Å². The molecule has 0 bridgehead atoms. The van der Waals surface area contributed by atoms with Gasteiger partial charge in [0.05, 0.1) is 11.4 Å². The Hall–Kier alpha value is -1.98. The lowest BCUT2D eigenvalue weighted by Crippen LogP contribution is -2.11. The number of H-pyrrole nitrogens is 1. The molecule has 1 atom stereocenters. The van der Waals surface area contributed by atoms with Crippen LogP contribution in [0.5, 0.6) is 0 Å². The minimum Gasteiger partial charge on any atom is -0.352 e. The van der Waals surface area contributed by atoms with E-state index < -0.39 is 16.6 Å². The average molecular weight is 350 g/mol. The van der Waals surface area contributed by atoms with Crippen LogP contribution in [0.15, 0.2) is 42.5 Å². The van der Waals surface area contributed by atoms with Crippen LogP contribution in [0.2, 0.25) is 5.02 Å². The van der Waals surface area contributed by atoms with E-state index in [0.717, 1.165) is 0 Å². The van der Waals surface area contributed by atoms with Crippen molar-refractivity contribution in [2.75, 3.05) is 12.0 Å². The number of ketones is 1. The van der Waals surface area contributed by atoms with E-state index in [9.17, 15) is 13.4 Å². The third-order valence-electron chi connectivity index (χ3n) is 3.52. The standard InChI is InChI=1S/C17H13ClFNO2S/c1-23(22)9-15(21)17-16(11-4-2-3-5-13(11)19)12-8-10(18)6-7-14(12)20-17/h2-8,20H,9H2,1H3. The summed E-state index contributed by atoms with van der Waals surface area (Å²) in [6, 6.07) is 11.4. The molecule has 0 radical (unpaired) electrons. The molecule has 2 aromatic carbocycles. The van der Waals surface area contributed by atoms with E-state index in [-0.39, 0.29) is 17.2 Å². The maximum absolute atomic E-state index is 14.3. The molecule has 6 heteroatoms. The second-order valence-electron chi connectivity index (χ2n) is 5.19. The number of rotatable bonds is 4. The number of Topliss-reactive ketones (excluding diaryl/α,β-unsaturated/α-hetero) is 1. The molecule has 0 saturated carbocycles. The Balaban J connectivity index is 2.32. The molecule has 3 nitrogen and oxygen atoms in total. The number of hydrogen-bond donors (Lipinski definition) is 1. The van der Waals surface area contributed by atoms with Crippen LogP contribution in [0, 0.1) is 5.82 Å². The van der Waals surface area contributed by atoms with Gasteiger partial charge in [-0.3, -0.25) is 9.00 Å².